The van der Waals surface area contributed by atoms with Crippen LogP contribution in [0.5, 0.6) is 0 Å². The van der Waals surface area contributed by atoms with Crippen LogP contribution < -0.4 is 11.1 Å². The fourth-order valence-electron chi connectivity index (χ4n) is 1.02. The van der Waals surface area contributed by atoms with Crippen LogP contribution in [0.25, 0.3) is 0 Å². The first-order chi connectivity index (χ1) is 7.29. The van der Waals surface area contributed by atoms with E-state index in [1.807, 2.05) is 0 Å². The molecule has 88 valence electrons. The second-order valence-corrected chi connectivity index (χ2v) is 4.46. The Labute approximate surface area is 98.6 Å². The zero-order valence-corrected chi connectivity index (χ0v) is 9.88. The Kier molecular flexibility index (Phi) is 3.72. The third kappa shape index (κ3) is 3.67. The van der Waals surface area contributed by atoms with Crippen molar-refractivity contribution in [3.8, 4) is 0 Å². The number of pyridine rings is 1. The smallest absolute Gasteiger partial charge is 0.254 e. The number of nitrogens with zero attached hydrogens (tertiary/aromatic N) is 1. The summed E-state index contributed by atoms with van der Waals surface area (Å²) in [5.74, 6) is -0.410. The summed E-state index contributed by atoms with van der Waals surface area (Å²) < 4.78 is 0. The maximum absolute atomic E-state index is 11.7. The van der Waals surface area contributed by atoms with Gasteiger partial charge in [-0.1, -0.05) is 11.6 Å². The number of anilines is 1. The largest absolute Gasteiger partial charge is 0.397 e. The van der Waals surface area contributed by atoms with E-state index in [4.69, 9.17) is 17.3 Å². The number of carbonyl (C=O) groups excluding carboxylic acids is 1. The highest BCUT2D eigenvalue weighted by Gasteiger charge is 2.17. The van der Waals surface area contributed by atoms with Crippen LogP contribution in [0.15, 0.2) is 12.3 Å². The van der Waals surface area contributed by atoms with Gasteiger partial charge in [-0.05, 0) is 19.9 Å². The molecule has 1 aromatic heterocycles. The van der Waals surface area contributed by atoms with Crippen LogP contribution in [0, 0.1) is 0 Å². The van der Waals surface area contributed by atoms with E-state index in [1.54, 1.807) is 13.8 Å². The number of rotatable bonds is 3. The lowest BCUT2D eigenvalue weighted by Crippen LogP contribution is -2.38. The van der Waals surface area contributed by atoms with Gasteiger partial charge in [0.2, 0.25) is 0 Å². The maximum atomic E-state index is 11.7. The lowest BCUT2D eigenvalue weighted by atomic mass is 10.1. The number of hydrogen-bond acceptors (Lipinski definition) is 4. The second kappa shape index (κ2) is 4.67. The molecule has 6 heteroatoms. The molecule has 1 amide bonds. The summed E-state index contributed by atoms with van der Waals surface area (Å²) in [6.07, 6.45) is 1.37. The van der Waals surface area contributed by atoms with Gasteiger partial charge >= 0.3 is 0 Å². The Morgan fingerprint density at radius 1 is 1.69 bits per heavy atom. The van der Waals surface area contributed by atoms with Gasteiger partial charge in [0.15, 0.2) is 0 Å². The minimum Gasteiger partial charge on any atom is -0.397 e. The summed E-state index contributed by atoms with van der Waals surface area (Å²) in [6, 6.07) is 1.44. The van der Waals surface area contributed by atoms with Gasteiger partial charge in [-0.3, -0.25) is 4.79 Å². The van der Waals surface area contributed by atoms with E-state index in [-0.39, 0.29) is 17.3 Å². The zero-order chi connectivity index (χ0) is 12.3. The third-order valence-corrected chi connectivity index (χ3v) is 2.09. The average Bonchev–Trinajstić information content (AvgIpc) is 2.17. The Hall–Kier alpha value is -1.33. The van der Waals surface area contributed by atoms with Crippen molar-refractivity contribution in [3.05, 3.63) is 23.0 Å². The van der Waals surface area contributed by atoms with Crippen LogP contribution >= 0.6 is 11.6 Å². The van der Waals surface area contributed by atoms with E-state index in [9.17, 15) is 9.90 Å². The summed E-state index contributed by atoms with van der Waals surface area (Å²) in [5.41, 5.74) is 5.08. The molecule has 0 aromatic carbocycles. The Bertz CT molecular complexity index is 402. The number of carbonyl (C=O) groups is 1. The monoisotopic (exact) mass is 243 g/mol. The SMILES string of the molecule is CC(C)(O)CNC(=O)c1cc(N)cnc1Cl. The molecular formula is C10H14ClN3O2. The standard InChI is InChI=1S/C10H14ClN3O2/c1-10(2,16)5-14-9(15)7-3-6(12)4-13-8(7)11/h3-4,16H,5,12H2,1-2H3,(H,14,15). The molecule has 0 bridgehead atoms. The molecule has 16 heavy (non-hydrogen) atoms. The van der Waals surface area contributed by atoms with Crippen LogP contribution in [0.1, 0.15) is 24.2 Å². The molecule has 0 radical (unpaired) electrons. The first-order valence-corrected chi connectivity index (χ1v) is 5.09. The number of aliphatic hydroxyl groups is 1. The molecular weight excluding hydrogens is 230 g/mol. The number of hydrogen-bond donors (Lipinski definition) is 3. The number of amides is 1. The van der Waals surface area contributed by atoms with E-state index >= 15 is 0 Å². The van der Waals surface area contributed by atoms with Crippen LogP contribution in [0.2, 0.25) is 5.15 Å². The highest BCUT2D eigenvalue weighted by molar-refractivity contribution is 6.32. The van der Waals surface area contributed by atoms with Crippen LogP contribution in [0.3, 0.4) is 0 Å². The van der Waals surface area contributed by atoms with Crippen molar-refractivity contribution in [2.75, 3.05) is 12.3 Å². The zero-order valence-electron chi connectivity index (χ0n) is 9.12. The van der Waals surface area contributed by atoms with E-state index < -0.39 is 11.5 Å². The number of nitrogens with two attached hydrogens (primary N) is 1. The fourth-order valence-corrected chi connectivity index (χ4v) is 1.20. The Morgan fingerprint density at radius 3 is 2.88 bits per heavy atom. The molecule has 1 rings (SSSR count). The molecule has 1 heterocycles. The number of halogens is 1. The fraction of sp³-hybridized carbons (Fsp3) is 0.400. The molecule has 0 atom stereocenters. The highest BCUT2D eigenvalue weighted by Crippen LogP contribution is 2.15. The molecule has 0 spiro atoms. The maximum Gasteiger partial charge on any atom is 0.254 e. The van der Waals surface area contributed by atoms with Gasteiger partial charge in [0.05, 0.1) is 23.0 Å². The normalized spacial score (nSPS) is 11.2. The van der Waals surface area contributed by atoms with Gasteiger partial charge < -0.3 is 16.2 Å². The first-order valence-electron chi connectivity index (χ1n) is 4.71. The lowest BCUT2D eigenvalue weighted by molar-refractivity contribution is 0.0694. The Balaban J connectivity index is 2.77. The second-order valence-electron chi connectivity index (χ2n) is 4.10. The molecule has 0 aliphatic rings. The van der Waals surface area contributed by atoms with Gasteiger partial charge in [0.1, 0.15) is 5.15 Å². The van der Waals surface area contributed by atoms with Crippen molar-refractivity contribution in [2.45, 2.75) is 19.4 Å². The average molecular weight is 244 g/mol. The molecule has 0 saturated heterocycles. The van der Waals surface area contributed by atoms with Crippen LogP contribution in [-0.2, 0) is 0 Å². The predicted octanol–water partition coefficient (Wildman–Crippen LogP) is 0.818. The van der Waals surface area contributed by atoms with Crippen molar-refractivity contribution in [1.82, 2.24) is 10.3 Å². The summed E-state index contributed by atoms with van der Waals surface area (Å²) in [6.45, 7) is 3.30. The number of aromatic nitrogens is 1. The molecule has 0 saturated carbocycles. The third-order valence-electron chi connectivity index (χ3n) is 1.79. The van der Waals surface area contributed by atoms with Gasteiger partial charge in [0.25, 0.3) is 5.91 Å². The molecule has 0 aliphatic heterocycles. The summed E-state index contributed by atoms with van der Waals surface area (Å²) in [7, 11) is 0. The van der Waals surface area contributed by atoms with Gasteiger partial charge in [0, 0.05) is 6.54 Å². The van der Waals surface area contributed by atoms with E-state index in [0.29, 0.717) is 5.69 Å². The molecule has 5 nitrogen and oxygen atoms in total. The van der Waals surface area contributed by atoms with Crippen molar-refractivity contribution in [3.63, 3.8) is 0 Å². The number of nitrogen functional groups attached to an aromatic ring is 1. The van der Waals surface area contributed by atoms with Crippen molar-refractivity contribution in [1.29, 1.82) is 0 Å². The van der Waals surface area contributed by atoms with Crippen molar-refractivity contribution >= 4 is 23.2 Å². The summed E-state index contributed by atoms with van der Waals surface area (Å²) in [4.78, 5) is 15.4. The topological polar surface area (TPSA) is 88.2 Å². The Morgan fingerprint density at radius 2 is 2.31 bits per heavy atom. The minimum absolute atomic E-state index is 0.0856. The van der Waals surface area contributed by atoms with Crippen molar-refractivity contribution in [2.24, 2.45) is 0 Å². The molecule has 0 aliphatic carbocycles. The van der Waals surface area contributed by atoms with Crippen molar-refractivity contribution < 1.29 is 9.90 Å². The summed E-state index contributed by atoms with van der Waals surface area (Å²) in [5, 5.41) is 12.1. The first kappa shape index (κ1) is 12.7. The van der Waals surface area contributed by atoms with Gasteiger partial charge in [-0.15, -0.1) is 0 Å². The minimum atomic E-state index is -0.976. The lowest BCUT2D eigenvalue weighted by Gasteiger charge is -2.17. The van der Waals surface area contributed by atoms with E-state index in [0.717, 1.165) is 0 Å². The van der Waals surface area contributed by atoms with Gasteiger partial charge in [-0.25, -0.2) is 4.98 Å². The van der Waals surface area contributed by atoms with E-state index in [2.05, 4.69) is 10.3 Å². The molecule has 0 fully saturated rings. The molecule has 1 aromatic rings. The molecule has 0 unspecified atom stereocenters. The molecule has 4 N–H and O–H groups in total. The quantitative estimate of drug-likeness (QED) is 0.686. The summed E-state index contributed by atoms with van der Waals surface area (Å²) >= 11 is 5.75. The van der Waals surface area contributed by atoms with E-state index in [1.165, 1.54) is 12.3 Å². The van der Waals surface area contributed by atoms with Crippen LogP contribution in [-0.4, -0.2) is 28.1 Å². The van der Waals surface area contributed by atoms with Crippen LogP contribution in [0.4, 0.5) is 5.69 Å². The van der Waals surface area contributed by atoms with Gasteiger partial charge in [-0.2, -0.15) is 0 Å². The number of nitrogens with one attached hydrogen (secondary N) is 1. The highest BCUT2D eigenvalue weighted by atomic mass is 35.5. The predicted molar refractivity (Wildman–Crippen MR) is 62.3 cm³/mol.